The van der Waals surface area contributed by atoms with Gasteiger partial charge in [0, 0.05) is 18.7 Å². The lowest BCUT2D eigenvalue weighted by Gasteiger charge is -2.21. The van der Waals surface area contributed by atoms with Crippen LogP contribution in [-0.4, -0.2) is 35.0 Å². The first-order chi connectivity index (χ1) is 11.1. The summed E-state index contributed by atoms with van der Waals surface area (Å²) in [6, 6.07) is 8.97. The average molecular weight is 315 g/mol. The molecule has 3 rings (SSSR count). The number of furan rings is 1. The van der Waals surface area contributed by atoms with Crippen LogP contribution < -0.4 is 4.74 Å². The second-order valence-corrected chi connectivity index (χ2v) is 5.52. The van der Waals surface area contributed by atoms with Gasteiger partial charge in [-0.25, -0.2) is 4.79 Å². The molecule has 0 saturated heterocycles. The molecule has 1 saturated carbocycles. The third kappa shape index (κ3) is 3.36. The number of carboxylic acid groups (broad SMARTS) is 1. The molecule has 1 N–H and O–H groups in total. The highest BCUT2D eigenvalue weighted by Gasteiger charge is 2.34. The maximum atomic E-state index is 12.6. The van der Waals surface area contributed by atoms with E-state index in [1.807, 2.05) is 24.3 Å². The lowest BCUT2D eigenvalue weighted by molar-refractivity contribution is 0.0688. The number of rotatable bonds is 6. The van der Waals surface area contributed by atoms with Gasteiger partial charge >= 0.3 is 5.97 Å². The SMILES string of the molecule is COc1ccc(CN(C(=O)c2cc(C(=O)O)co2)C2CC2)cc1. The summed E-state index contributed by atoms with van der Waals surface area (Å²) in [5, 5.41) is 8.93. The second kappa shape index (κ2) is 6.16. The molecule has 2 aromatic rings. The van der Waals surface area contributed by atoms with E-state index in [1.165, 1.54) is 6.07 Å². The fourth-order valence-corrected chi connectivity index (χ4v) is 2.38. The van der Waals surface area contributed by atoms with Gasteiger partial charge < -0.3 is 19.2 Å². The van der Waals surface area contributed by atoms with Crippen molar-refractivity contribution in [2.45, 2.75) is 25.4 Å². The Balaban J connectivity index is 1.77. The number of hydrogen-bond donors (Lipinski definition) is 1. The molecule has 120 valence electrons. The van der Waals surface area contributed by atoms with Gasteiger partial charge in [0.15, 0.2) is 5.76 Å². The van der Waals surface area contributed by atoms with Gasteiger partial charge in [0.05, 0.1) is 12.7 Å². The summed E-state index contributed by atoms with van der Waals surface area (Å²) in [5.41, 5.74) is 0.963. The maximum Gasteiger partial charge on any atom is 0.338 e. The molecule has 6 heteroatoms. The van der Waals surface area contributed by atoms with Gasteiger partial charge in [-0.3, -0.25) is 4.79 Å². The predicted molar refractivity (Wildman–Crippen MR) is 81.6 cm³/mol. The molecule has 1 aliphatic carbocycles. The van der Waals surface area contributed by atoms with Crippen molar-refractivity contribution in [2.24, 2.45) is 0 Å². The normalized spacial score (nSPS) is 13.6. The molecule has 0 spiro atoms. The molecule has 0 unspecified atom stereocenters. The standard InChI is InChI=1S/C17H17NO5/c1-22-14-6-2-11(3-7-14)9-18(13-4-5-13)16(19)15-8-12(10-23-15)17(20)21/h2-3,6-8,10,13H,4-5,9H2,1H3,(H,20,21). The van der Waals surface area contributed by atoms with Crippen LogP contribution >= 0.6 is 0 Å². The Morgan fingerprint density at radius 1 is 1.30 bits per heavy atom. The highest BCUT2D eigenvalue weighted by molar-refractivity contribution is 5.95. The number of nitrogens with zero attached hydrogens (tertiary/aromatic N) is 1. The van der Waals surface area contributed by atoms with E-state index in [4.69, 9.17) is 14.3 Å². The highest BCUT2D eigenvalue weighted by Crippen LogP contribution is 2.30. The lowest BCUT2D eigenvalue weighted by Crippen LogP contribution is -2.32. The van der Waals surface area contributed by atoms with Crippen LogP contribution in [0.5, 0.6) is 5.75 Å². The van der Waals surface area contributed by atoms with E-state index in [9.17, 15) is 9.59 Å². The topological polar surface area (TPSA) is 80.0 Å². The van der Waals surface area contributed by atoms with Gasteiger partial charge in [-0.15, -0.1) is 0 Å². The average Bonchev–Trinajstić information content (AvgIpc) is 3.27. The smallest absolute Gasteiger partial charge is 0.338 e. The highest BCUT2D eigenvalue weighted by atomic mass is 16.5. The number of carboxylic acids is 1. The second-order valence-electron chi connectivity index (χ2n) is 5.52. The number of ether oxygens (including phenoxy) is 1. The molecule has 1 fully saturated rings. The van der Waals surface area contributed by atoms with E-state index >= 15 is 0 Å². The number of carbonyl (C=O) groups excluding carboxylic acids is 1. The third-order valence-corrected chi connectivity index (χ3v) is 3.82. The molecular weight excluding hydrogens is 298 g/mol. The zero-order chi connectivity index (χ0) is 16.4. The van der Waals surface area contributed by atoms with Crippen molar-refractivity contribution in [2.75, 3.05) is 7.11 Å². The Bertz CT molecular complexity index is 715. The van der Waals surface area contributed by atoms with E-state index < -0.39 is 5.97 Å². The van der Waals surface area contributed by atoms with Gasteiger partial charge in [0.2, 0.25) is 0 Å². The third-order valence-electron chi connectivity index (χ3n) is 3.82. The summed E-state index contributed by atoms with van der Waals surface area (Å²) in [4.78, 5) is 25.2. The van der Waals surface area contributed by atoms with Gasteiger partial charge in [0.1, 0.15) is 12.0 Å². The number of aromatic carboxylic acids is 1. The minimum atomic E-state index is -1.11. The molecule has 6 nitrogen and oxygen atoms in total. The molecular formula is C17H17NO5. The Morgan fingerprint density at radius 3 is 2.52 bits per heavy atom. The monoisotopic (exact) mass is 315 g/mol. The van der Waals surface area contributed by atoms with Crippen LogP contribution in [0.15, 0.2) is 41.0 Å². The Labute approximate surface area is 133 Å². The number of hydrogen-bond acceptors (Lipinski definition) is 4. The Hall–Kier alpha value is -2.76. The molecule has 1 aromatic heterocycles. The van der Waals surface area contributed by atoms with E-state index in [2.05, 4.69) is 0 Å². The summed E-state index contributed by atoms with van der Waals surface area (Å²) in [6.45, 7) is 0.455. The minimum absolute atomic E-state index is 0.0199. The Kier molecular flexibility index (Phi) is 4.06. The summed E-state index contributed by atoms with van der Waals surface area (Å²) >= 11 is 0. The van der Waals surface area contributed by atoms with Crippen LogP contribution in [-0.2, 0) is 6.54 Å². The lowest BCUT2D eigenvalue weighted by atomic mass is 10.2. The van der Waals surface area contributed by atoms with Crippen molar-refractivity contribution >= 4 is 11.9 Å². The van der Waals surface area contributed by atoms with Crippen LogP contribution in [0.1, 0.15) is 39.3 Å². The largest absolute Gasteiger partial charge is 0.497 e. The van der Waals surface area contributed by atoms with Crippen molar-refractivity contribution in [3.05, 3.63) is 53.5 Å². The molecule has 1 aromatic carbocycles. The number of benzene rings is 1. The molecule has 0 radical (unpaired) electrons. The van der Waals surface area contributed by atoms with E-state index in [-0.39, 0.29) is 23.3 Å². The van der Waals surface area contributed by atoms with Crippen molar-refractivity contribution in [3.8, 4) is 5.75 Å². The molecule has 0 bridgehead atoms. The van der Waals surface area contributed by atoms with Crippen LogP contribution in [0, 0.1) is 0 Å². The first kappa shape index (κ1) is 15.1. The number of amides is 1. The summed E-state index contributed by atoms with van der Waals surface area (Å²) in [6.07, 6.45) is 3.00. The van der Waals surface area contributed by atoms with Crippen molar-refractivity contribution in [1.29, 1.82) is 0 Å². The predicted octanol–water partition coefficient (Wildman–Crippen LogP) is 2.79. The molecule has 1 aliphatic rings. The quantitative estimate of drug-likeness (QED) is 0.886. The van der Waals surface area contributed by atoms with Crippen LogP contribution in [0.4, 0.5) is 0 Å². The van der Waals surface area contributed by atoms with Crippen molar-refractivity contribution in [3.63, 3.8) is 0 Å². The number of carbonyl (C=O) groups is 2. The first-order valence-corrected chi connectivity index (χ1v) is 7.34. The van der Waals surface area contributed by atoms with Crippen LogP contribution in [0.3, 0.4) is 0 Å². The van der Waals surface area contributed by atoms with Gasteiger partial charge in [-0.1, -0.05) is 12.1 Å². The molecule has 0 aliphatic heterocycles. The molecule has 1 amide bonds. The first-order valence-electron chi connectivity index (χ1n) is 7.34. The fourth-order valence-electron chi connectivity index (χ4n) is 2.38. The van der Waals surface area contributed by atoms with Gasteiger partial charge in [-0.2, -0.15) is 0 Å². The van der Waals surface area contributed by atoms with Crippen molar-refractivity contribution < 1.29 is 23.8 Å². The molecule has 1 heterocycles. The zero-order valence-electron chi connectivity index (χ0n) is 12.7. The van der Waals surface area contributed by atoms with Crippen molar-refractivity contribution in [1.82, 2.24) is 4.90 Å². The van der Waals surface area contributed by atoms with E-state index in [1.54, 1.807) is 12.0 Å². The summed E-state index contributed by atoms with van der Waals surface area (Å²) < 4.78 is 10.3. The molecule has 23 heavy (non-hydrogen) atoms. The zero-order valence-corrected chi connectivity index (χ0v) is 12.7. The fraction of sp³-hybridized carbons (Fsp3) is 0.294. The Morgan fingerprint density at radius 2 is 2.00 bits per heavy atom. The van der Waals surface area contributed by atoms with Crippen LogP contribution in [0.25, 0.3) is 0 Å². The summed E-state index contributed by atoms with van der Waals surface area (Å²) in [5.74, 6) is -0.574. The molecule has 0 atom stereocenters. The van der Waals surface area contributed by atoms with E-state index in [0.717, 1.165) is 30.4 Å². The maximum absolute atomic E-state index is 12.6. The minimum Gasteiger partial charge on any atom is -0.497 e. The van der Waals surface area contributed by atoms with E-state index in [0.29, 0.717) is 6.54 Å². The van der Waals surface area contributed by atoms with Gasteiger partial charge in [-0.05, 0) is 30.5 Å². The number of methoxy groups -OCH3 is 1. The van der Waals surface area contributed by atoms with Crippen LogP contribution in [0.2, 0.25) is 0 Å². The summed E-state index contributed by atoms with van der Waals surface area (Å²) in [7, 11) is 1.60. The van der Waals surface area contributed by atoms with Gasteiger partial charge in [0.25, 0.3) is 5.91 Å².